The Morgan fingerprint density at radius 3 is 1.24 bits per heavy atom. The fraction of sp³-hybridized carbons (Fsp3) is 0.109. The van der Waals surface area contributed by atoms with Gasteiger partial charge >= 0.3 is 0 Å². The van der Waals surface area contributed by atoms with Gasteiger partial charge in [0.1, 0.15) is 0 Å². The van der Waals surface area contributed by atoms with Crippen molar-refractivity contribution in [3.05, 3.63) is 368 Å². The van der Waals surface area contributed by atoms with Crippen molar-refractivity contribution in [2.75, 3.05) is 0 Å². The predicted molar refractivity (Wildman–Crippen MR) is 419 cm³/mol. The maximum absolute atomic E-state index is 10.0. The summed E-state index contributed by atoms with van der Waals surface area (Å²) in [5.41, 5.74) is 18.8. The van der Waals surface area contributed by atoms with Gasteiger partial charge in [-0.25, -0.2) is 0 Å². The van der Waals surface area contributed by atoms with Crippen LogP contribution >= 0.6 is 0 Å². The fourth-order valence-corrected chi connectivity index (χ4v) is 10.9. The molecule has 14 aromatic rings. The van der Waals surface area contributed by atoms with E-state index in [-0.39, 0.29) is 141 Å². The molecule has 0 saturated carbocycles. The van der Waals surface area contributed by atoms with Crippen LogP contribution in [0.5, 0.6) is 0 Å². The molecule has 5 radical (unpaired) electrons. The number of pyridine rings is 5. The Morgan fingerprint density at radius 1 is 0.352 bits per heavy atom. The molecule has 0 amide bonds. The average Bonchev–Trinajstić information content (AvgIpc) is 1.58. The summed E-state index contributed by atoms with van der Waals surface area (Å²) in [4.78, 5) is 52.4. The summed E-state index contributed by atoms with van der Waals surface area (Å²) in [6.07, 6.45) is 8.96. The second kappa shape index (κ2) is 47.9. The quantitative estimate of drug-likeness (QED) is 0.0750. The van der Waals surface area contributed by atoms with Gasteiger partial charge in [-0.2, -0.15) is 0 Å². The van der Waals surface area contributed by atoms with Gasteiger partial charge in [0.25, 0.3) is 0 Å². The van der Waals surface area contributed by atoms with Crippen LogP contribution in [-0.2, 0) is 120 Å². The van der Waals surface area contributed by atoms with E-state index in [0.717, 1.165) is 67.3 Å². The first-order valence-electron chi connectivity index (χ1n) is 33.3. The number of carbonyl (C=O) groups is 3. The largest absolute Gasteiger partial charge is 0.512 e. The van der Waals surface area contributed by atoms with E-state index < -0.39 is 0 Å². The molecule has 5 aromatic heterocycles. The minimum absolute atomic E-state index is 0. The molecule has 559 valence electrons. The van der Waals surface area contributed by atoms with Gasteiger partial charge in [-0.1, -0.05) is 152 Å². The van der Waals surface area contributed by atoms with Crippen LogP contribution in [0.25, 0.3) is 100.0 Å². The molecule has 15 rings (SSSR count). The number of fused-ring (bicyclic) bond motifs is 6. The summed E-state index contributed by atoms with van der Waals surface area (Å²) >= 11 is 0. The van der Waals surface area contributed by atoms with Crippen LogP contribution in [0, 0.1) is 37.3 Å². The zero-order chi connectivity index (χ0) is 73.5. The third-order valence-corrected chi connectivity index (χ3v) is 15.5. The summed E-state index contributed by atoms with van der Waals surface area (Å²) in [6, 6.07) is 106. The number of nitrogens with zero attached hydrogens (tertiary/aromatic N) is 5. The van der Waals surface area contributed by atoms with Gasteiger partial charge in [0.15, 0.2) is 17.3 Å². The molecule has 11 nitrogen and oxygen atoms in total. The Hall–Kier alpha value is -9.61. The van der Waals surface area contributed by atoms with Gasteiger partial charge in [0, 0.05) is 143 Å². The molecule has 0 spiro atoms. The SMILES string of the molecule is CC(=O)C=C(C)O.CC(=O)C=C(C)O.CC(=O)C=C(C)O.CC1(C)c2ccccc2-c2c[c-]c(-c3nccc4ccccc34)cc21.Cc1cccc2nc(-c3[c-]cccc3)ccc12.[Ir].[Ir].[Ir].[Ir].[Ir].[c-]1ccccc1-c1ccc2ccccc2n1.[c-]1ccccc1-c1ccccn1.[c-]1ccccc1-c1ccccn1. The van der Waals surface area contributed by atoms with Crippen LogP contribution in [0.15, 0.2) is 321 Å². The summed E-state index contributed by atoms with van der Waals surface area (Å²) in [7, 11) is 0. The first kappa shape index (κ1) is 92.6. The van der Waals surface area contributed by atoms with E-state index in [9.17, 15) is 14.4 Å². The molecule has 5 heterocycles. The van der Waals surface area contributed by atoms with Crippen LogP contribution in [0.4, 0.5) is 0 Å². The van der Waals surface area contributed by atoms with Crippen molar-refractivity contribution >= 4 is 49.9 Å². The van der Waals surface area contributed by atoms with Crippen LogP contribution in [0.2, 0.25) is 0 Å². The Labute approximate surface area is 701 Å². The van der Waals surface area contributed by atoms with Crippen molar-refractivity contribution in [1.82, 2.24) is 24.9 Å². The van der Waals surface area contributed by atoms with Crippen molar-refractivity contribution in [2.45, 2.75) is 67.7 Å². The van der Waals surface area contributed by atoms with Gasteiger partial charge in [0.2, 0.25) is 0 Å². The minimum Gasteiger partial charge on any atom is -0.512 e. The van der Waals surface area contributed by atoms with E-state index in [0.29, 0.717) is 0 Å². The van der Waals surface area contributed by atoms with Crippen LogP contribution in [0.1, 0.15) is 72.1 Å². The van der Waals surface area contributed by atoms with Gasteiger partial charge in [-0.3, -0.25) is 24.4 Å². The number of aromatic nitrogens is 5. The number of carbonyl (C=O) groups excluding carboxylic acids is 3. The van der Waals surface area contributed by atoms with Gasteiger partial charge in [-0.05, 0) is 140 Å². The molecule has 1 aliphatic carbocycles. The molecule has 0 bridgehead atoms. The molecule has 0 atom stereocenters. The number of aliphatic hydroxyl groups is 3. The molecule has 0 saturated heterocycles. The summed E-state index contributed by atoms with van der Waals surface area (Å²) < 4.78 is 0. The summed E-state index contributed by atoms with van der Waals surface area (Å²) in [6.45, 7) is 15.3. The number of ketones is 3. The second-order valence-corrected chi connectivity index (χ2v) is 24.2. The number of hydrogen-bond acceptors (Lipinski definition) is 11. The van der Waals surface area contributed by atoms with Crippen molar-refractivity contribution in [1.29, 1.82) is 0 Å². The van der Waals surface area contributed by atoms with Crippen LogP contribution < -0.4 is 0 Å². The Kier molecular flexibility index (Phi) is 41.1. The maximum atomic E-state index is 10.0. The number of aliphatic hydroxyl groups excluding tert-OH is 3. The number of hydrogen-bond donors (Lipinski definition) is 3. The number of aryl methyl sites for hydroxylation is 1. The topological polar surface area (TPSA) is 176 Å². The monoisotopic (exact) mass is 2320 g/mol. The minimum atomic E-state index is -0.125. The van der Waals surface area contributed by atoms with Crippen molar-refractivity contribution in [2.24, 2.45) is 0 Å². The first-order valence-corrected chi connectivity index (χ1v) is 33.3. The molecule has 0 unspecified atom stereocenters. The maximum Gasteiger partial charge on any atom is 0.155 e. The average molecular weight is 2310 g/mol. The van der Waals surface area contributed by atoms with Gasteiger partial charge in [0.05, 0.1) is 28.3 Å². The first-order chi connectivity index (χ1) is 49.7. The molecular formula is C92H80Ir5N5O6-5. The normalized spacial score (nSPS) is 10.9. The summed E-state index contributed by atoms with van der Waals surface area (Å²) in [5, 5.41) is 29.9. The van der Waals surface area contributed by atoms with E-state index >= 15 is 0 Å². The molecule has 108 heavy (non-hydrogen) atoms. The zero-order valence-corrected chi connectivity index (χ0v) is 72.8. The molecule has 1 aliphatic rings. The fourth-order valence-electron chi connectivity index (χ4n) is 10.9. The molecule has 3 N–H and O–H groups in total. The van der Waals surface area contributed by atoms with E-state index in [2.05, 4.69) is 179 Å². The standard InChI is InChI=1S/C24H18N.C16H12N.C15H10N.2C11H8N.3C5H8O2.5Ir/c1-24(2)21-10-6-5-9-19(21)20-12-11-17(15-22(20)24)23-18-8-4-3-7-16(18)13-14-25-23;1-12-6-5-9-16-14(12)10-11-15(17-16)13-7-3-2-4-8-13;1-2-6-12(7-3-1)15-11-10-13-8-4-5-9-14(13)16-15;2*1-2-6-10(7-3-1)11-8-4-5-9-12-11;3*1-4(6)3-5(2)7;;;;;/h3-10,12-15H,1-2H3;2-7,9-11H,1H3;1-6,8-11H;2*1-6,8-9H;3*3,6H,1-2H3;;;;;/q5*-1;;;;;;;;. The van der Waals surface area contributed by atoms with E-state index in [1.807, 2.05) is 170 Å². The van der Waals surface area contributed by atoms with E-state index in [1.165, 1.54) is 109 Å². The number of benzene rings is 9. The van der Waals surface area contributed by atoms with Crippen LogP contribution in [-0.4, -0.2) is 57.6 Å². The Balaban J connectivity index is 0.000000331. The predicted octanol–water partition coefficient (Wildman–Crippen LogP) is 21.9. The molecule has 16 heteroatoms. The third kappa shape index (κ3) is 28.8. The van der Waals surface area contributed by atoms with Crippen molar-refractivity contribution in [3.8, 4) is 67.4 Å². The smallest absolute Gasteiger partial charge is 0.155 e. The zero-order valence-electron chi connectivity index (χ0n) is 60.8. The Bertz CT molecular complexity index is 4960. The van der Waals surface area contributed by atoms with Crippen molar-refractivity contribution in [3.63, 3.8) is 0 Å². The Morgan fingerprint density at radius 2 is 0.778 bits per heavy atom. The number of rotatable bonds is 8. The molecule has 9 aromatic carbocycles. The second-order valence-electron chi connectivity index (χ2n) is 24.2. The number of para-hydroxylation sites is 1. The number of allylic oxidation sites excluding steroid dienone is 6. The van der Waals surface area contributed by atoms with Crippen molar-refractivity contribution < 1.29 is 130 Å². The van der Waals surface area contributed by atoms with Gasteiger partial charge < -0.3 is 30.3 Å². The summed E-state index contributed by atoms with van der Waals surface area (Å²) in [5.74, 6) is -0.187. The molecule has 0 fully saturated rings. The third-order valence-electron chi connectivity index (χ3n) is 15.5. The van der Waals surface area contributed by atoms with Crippen LogP contribution in [0.3, 0.4) is 0 Å². The van der Waals surface area contributed by atoms with Gasteiger partial charge in [-0.15, -0.1) is 173 Å². The van der Waals surface area contributed by atoms with E-state index in [1.54, 1.807) is 12.4 Å². The molecule has 0 aliphatic heterocycles. The van der Waals surface area contributed by atoms with E-state index in [4.69, 9.17) is 15.3 Å². The molecular weight excluding hydrogens is 2230 g/mol.